The smallest absolute Gasteiger partial charge is 0.281 e. The number of anilines is 2. The van der Waals surface area contributed by atoms with Crippen LogP contribution in [0.25, 0.3) is 0 Å². The van der Waals surface area contributed by atoms with Gasteiger partial charge in [0.2, 0.25) is 0 Å². The number of imidazole rings is 1. The fourth-order valence-corrected chi connectivity index (χ4v) is 3.20. The Morgan fingerprint density at radius 3 is 2.81 bits per heavy atom. The van der Waals surface area contributed by atoms with E-state index in [1.807, 2.05) is 6.92 Å². The van der Waals surface area contributed by atoms with E-state index in [2.05, 4.69) is 9.71 Å². The normalized spacial score (nSPS) is 11.6. The topological polar surface area (TPSA) is 90.0 Å². The van der Waals surface area contributed by atoms with Gasteiger partial charge in [0, 0.05) is 18.4 Å². The number of hydrogen-bond acceptors (Lipinski definition) is 4. The second-order valence-corrected chi connectivity index (χ2v) is 6.70. The highest BCUT2D eigenvalue weighted by atomic mass is 35.5. The van der Waals surface area contributed by atoms with Crippen molar-refractivity contribution in [2.24, 2.45) is 0 Å². The lowest BCUT2D eigenvalue weighted by Crippen LogP contribution is -2.14. The zero-order valence-corrected chi connectivity index (χ0v) is 13.4. The van der Waals surface area contributed by atoms with E-state index in [0.29, 0.717) is 18.1 Å². The summed E-state index contributed by atoms with van der Waals surface area (Å²) in [6, 6.07) is 4.60. The largest absolute Gasteiger partial charge is 0.399 e. The molecule has 0 radical (unpaired) electrons. The molecular formula is C13H17ClN4O2S. The van der Waals surface area contributed by atoms with Crippen molar-refractivity contribution in [3.05, 3.63) is 35.2 Å². The first kappa shape index (κ1) is 15.7. The summed E-state index contributed by atoms with van der Waals surface area (Å²) in [5.74, 6) is 0.649. The van der Waals surface area contributed by atoms with Crippen LogP contribution in [0, 0.1) is 6.92 Å². The molecule has 6 nitrogen and oxygen atoms in total. The van der Waals surface area contributed by atoms with Crippen molar-refractivity contribution < 1.29 is 8.42 Å². The molecule has 8 heteroatoms. The quantitative estimate of drug-likeness (QED) is 0.825. The molecule has 0 atom stereocenters. The summed E-state index contributed by atoms with van der Waals surface area (Å²) in [5, 5.41) is 0.240. The van der Waals surface area contributed by atoms with E-state index >= 15 is 0 Å². The van der Waals surface area contributed by atoms with Crippen LogP contribution in [0.15, 0.2) is 29.4 Å². The van der Waals surface area contributed by atoms with Crippen LogP contribution >= 0.6 is 11.6 Å². The van der Waals surface area contributed by atoms with E-state index < -0.39 is 10.0 Å². The van der Waals surface area contributed by atoms with Crippen molar-refractivity contribution >= 4 is 33.0 Å². The van der Waals surface area contributed by atoms with Crippen LogP contribution in [0.3, 0.4) is 0 Å². The molecular weight excluding hydrogens is 312 g/mol. The third kappa shape index (κ3) is 3.48. The Kier molecular flexibility index (Phi) is 4.43. The number of rotatable bonds is 5. The van der Waals surface area contributed by atoms with Gasteiger partial charge >= 0.3 is 0 Å². The Bertz CT molecular complexity index is 756. The highest BCUT2D eigenvalue weighted by Crippen LogP contribution is 2.26. The molecule has 0 bridgehead atoms. The Morgan fingerprint density at radius 2 is 2.14 bits per heavy atom. The fourth-order valence-electron chi connectivity index (χ4n) is 1.89. The number of nitrogen functional groups attached to an aromatic ring is 1. The summed E-state index contributed by atoms with van der Waals surface area (Å²) in [5.41, 5.74) is 6.30. The molecule has 0 saturated heterocycles. The summed E-state index contributed by atoms with van der Waals surface area (Å²) in [6.45, 7) is 4.49. The van der Waals surface area contributed by atoms with Gasteiger partial charge in [-0.3, -0.25) is 4.72 Å². The number of nitrogens with one attached hydrogen (secondary N) is 1. The molecule has 0 fully saturated rings. The van der Waals surface area contributed by atoms with E-state index in [1.54, 1.807) is 17.6 Å². The molecule has 1 aromatic heterocycles. The second-order valence-electron chi connectivity index (χ2n) is 4.66. The number of nitrogens with zero attached hydrogens (tertiary/aromatic N) is 2. The third-order valence-corrected chi connectivity index (χ3v) is 4.49. The third-order valence-electron chi connectivity index (χ3n) is 2.93. The average Bonchev–Trinajstić information content (AvgIpc) is 2.77. The highest BCUT2D eigenvalue weighted by molar-refractivity contribution is 7.92. The van der Waals surface area contributed by atoms with E-state index in [9.17, 15) is 8.42 Å². The Morgan fingerprint density at radius 1 is 1.43 bits per heavy atom. The van der Waals surface area contributed by atoms with E-state index in [-0.39, 0.29) is 15.7 Å². The lowest BCUT2D eigenvalue weighted by atomic mass is 10.3. The lowest BCUT2D eigenvalue weighted by Gasteiger charge is -2.08. The number of aromatic nitrogens is 2. The van der Waals surface area contributed by atoms with Crippen LogP contribution in [-0.2, 0) is 16.6 Å². The van der Waals surface area contributed by atoms with Gasteiger partial charge in [-0.25, -0.2) is 4.98 Å². The van der Waals surface area contributed by atoms with Crippen LogP contribution in [-0.4, -0.2) is 18.0 Å². The molecule has 1 heterocycles. The standard InChI is InChI=1S/C13H17ClN4O2S/c1-3-6-18-8-13(16-9(18)2)21(19,20)17-12-7-10(15)4-5-11(12)14/h4-5,7-8,17H,3,6,15H2,1-2H3. The zero-order chi connectivity index (χ0) is 15.6. The molecule has 0 aliphatic carbocycles. The van der Waals surface area contributed by atoms with Crippen LogP contribution in [0.4, 0.5) is 11.4 Å². The maximum Gasteiger partial charge on any atom is 0.281 e. The number of benzene rings is 1. The highest BCUT2D eigenvalue weighted by Gasteiger charge is 2.20. The predicted molar refractivity (Wildman–Crippen MR) is 83.9 cm³/mol. The van der Waals surface area contributed by atoms with Gasteiger partial charge in [-0.1, -0.05) is 18.5 Å². The maximum absolute atomic E-state index is 12.3. The lowest BCUT2D eigenvalue weighted by molar-refractivity contribution is 0.597. The van der Waals surface area contributed by atoms with Crippen LogP contribution < -0.4 is 10.5 Å². The monoisotopic (exact) mass is 328 g/mol. The van der Waals surface area contributed by atoms with E-state index in [1.165, 1.54) is 18.3 Å². The zero-order valence-electron chi connectivity index (χ0n) is 11.8. The number of hydrogen-bond donors (Lipinski definition) is 2. The van der Waals surface area contributed by atoms with Crippen molar-refractivity contribution in [2.45, 2.75) is 31.8 Å². The first-order valence-corrected chi connectivity index (χ1v) is 8.31. The van der Waals surface area contributed by atoms with Crippen molar-refractivity contribution in [3.8, 4) is 0 Å². The van der Waals surface area contributed by atoms with Crippen molar-refractivity contribution in [1.82, 2.24) is 9.55 Å². The molecule has 1 aromatic carbocycles. The molecule has 0 amide bonds. The second kappa shape index (κ2) is 5.95. The number of sulfonamides is 1. The predicted octanol–water partition coefficient (Wildman–Crippen LogP) is 2.64. The molecule has 0 saturated carbocycles. The van der Waals surface area contributed by atoms with Crippen LogP contribution in [0.2, 0.25) is 5.02 Å². The van der Waals surface area contributed by atoms with Gasteiger partial charge in [0.15, 0.2) is 5.03 Å². The minimum absolute atomic E-state index is 0.0352. The molecule has 0 spiro atoms. The first-order chi connectivity index (χ1) is 9.83. The Labute approximate surface area is 129 Å². The molecule has 2 rings (SSSR count). The summed E-state index contributed by atoms with van der Waals surface area (Å²) in [4.78, 5) is 4.09. The van der Waals surface area contributed by atoms with Gasteiger partial charge in [-0.15, -0.1) is 0 Å². The molecule has 0 aliphatic heterocycles. The molecule has 3 N–H and O–H groups in total. The van der Waals surface area contributed by atoms with Crippen molar-refractivity contribution in [3.63, 3.8) is 0 Å². The van der Waals surface area contributed by atoms with Crippen molar-refractivity contribution in [2.75, 3.05) is 10.5 Å². The van der Waals surface area contributed by atoms with E-state index in [0.717, 1.165) is 6.42 Å². The number of aryl methyl sites for hydroxylation is 2. The van der Waals surface area contributed by atoms with Gasteiger partial charge in [0.1, 0.15) is 5.82 Å². The fraction of sp³-hybridized carbons (Fsp3) is 0.308. The summed E-state index contributed by atoms with van der Waals surface area (Å²) < 4.78 is 28.9. The minimum atomic E-state index is -3.79. The van der Waals surface area contributed by atoms with Gasteiger partial charge in [0.25, 0.3) is 10.0 Å². The average molecular weight is 329 g/mol. The van der Waals surface area contributed by atoms with Crippen LogP contribution in [0.1, 0.15) is 19.2 Å². The SMILES string of the molecule is CCCn1cc(S(=O)(=O)Nc2cc(N)ccc2Cl)nc1C. The van der Waals surface area contributed by atoms with Crippen molar-refractivity contribution in [1.29, 1.82) is 0 Å². The summed E-state index contributed by atoms with van der Waals surface area (Å²) in [7, 11) is -3.79. The maximum atomic E-state index is 12.3. The molecule has 0 unspecified atom stereocenters. The van der Waals surface area contributed by atoms with Crippen LogP contribution in [0.5, 0.6) is 0 Å². The number of halogens is 1. The van der Waals surface area contributed by atoms with Gasteiger partial charge in [-0.2, -0.15) is 8.42 Å². The summed E-state index contributed by atoms with van der Waals surface area (Å²) >= 11 is 5.97. The molecule has 0 aliphatic rings. The number of nitrogens with two attached hydrogens (primary N) is 1. The molecule has 21 heavy (non-hydrogen) atoms. The van der Waals surface area contributed by atoms with Gasteiger partial charge in [-0.05, 0) is 31.5 Å². The molecule has 2 aromatic rings. The Hall–Kier alpha value is -1.73. The van der Waals surface area contributed by atoms with Gasteiger partial charge < -0.3 is 10.3 Å². The first-order valence-electron chi connectivity index (χ1n) is 6.45. The van der Waals surface area contributed by atoms with E-state index in [4.69, 9.17) is 17.3 Å². The summed E-state index contributed by atoms with van der Waals surface area (Å²) in [6.07, 6.45) is 2.41. The van der Waals surface area contributed by atoms with Gasteiger partial charge in [0.05, 0.1) is 10.7 Å². The Balaban J connectivity index is 2.34. The molecule has 114 valence electrons. The minimum Gasteiger partial charge on any atom is -0.399 e.